The first-order valence-corrected chi connectivity index (χ1v) is 12.3. The Bertz CT molecular complexity index is 1080. The molecule has 166 valence electrons. The van der Waals surface area contributed by atoms with Crippen molar-refractivity contribution in [3.05, 3.63) is 80.7 Å². The lowest BCUT2D eigenvalue weighted by Gasteiger charge is -2.36. The molecule has 0 saturated carbocycles. The molecule has 0 bridgehead atoms. The molecule has 1 N–H and O–H groups in total. The lowest BCUT2D eigenvalue weighted by atomic mass is 9.93. The number of hydrogen-bond donors (Lipinski definition) is 1. The highest BCUT2D eigenvalue weighted by Gasteiger charge is 2.41. The maximum atomic E-state index is 12.8. The summed E-state index contributed by atoms with van der Waals surface area (Å²) in [4.78, 5) is 33.5. The lowest BCUT2D eigenvalue weighted by Crippen LogP contribution is -2.38. The predicted molar refractivity (Wildman–Crippen MR) is 129 cm³/mol. The number of thioether (sulfide) groups is 1. The van der Waals surface area contributed by atoms with Crippen molar-refractivity contribution in [2.24, 2.45) is 4.99 Å². The Hall–Kier alpha value is -2.84. The third-order valence-corrected chi connectivity index (χ3v) is 7.18. The number of hydrogen-bond acceptors (Lipinski definition) is 7. The third-order valence-electron chi connectivity index (χ3n) is 5.36. The van der Waals surface area contributed by atoms with Crippen LogP contribution in [0.25, 0.3) is 0 Å². The molecule has 0 aliphatic carbocycles. The minimum Gasteiger partial charge on any atom is -0.466 e. The molecule has 1 aromatic carbocycles. The maximum Gasteiger partial charge on any atom is 0.338 e. The van der Waals surface area contributed by atoms with Crippen molar-refractivity contribution in [3.63, 3.8) is 0 Å². The van der Waals surface area contributed by atoms with Gasteiger partial charge in [-0.15, -0.1) is 11.3 Å². The summed E-state index contributed by atoms with van der Waals surface area (Å²) in [5.74, 6) is -0.443. The van der Waals surface area contributed by atoms with Crippen molar-refractivity contribution in [3.8, 4) is 0 Å². The van der Waals surface area contributed by atoms with E-state index < -0.39 is 5.97 Å². The van der Waals surface area contributed by atoms with E-state index in [9.17, 15) is 9.59 Å². The highest BCUT2D eigenvalue weighted by Crippen LogP contribution is 2.45. The van der Waals surface area contributed by atoms with Crippen molar-refractivity contribution in [1.29, 1.82) is 0 Å². The van der Waals surface area contributed by atoms with Gasteiger partial charge in [-0.05, 0) is 35.3 Å². The summed E-state index contributed by atoms with van der Waals surface area (Å²) in [6.07, 6.45) is 1.65. The quantitative estimate of drug-likeness (QED) is 0.573. The van der Waals surface area contributed by atoms with Crippen LogP contribution in [-0.2, 0) is 20.7 Å². The molecular formula is C24H25N3O3S2. The number of carbonyl (C=O) groups is 2. The number of nitrogens with one attached hydrogen (secondary N) is 1. The van der Waals surface area contributed by atoms with Gasteiger partial charge in [0.1, 0.15) is 0 Å². The number of amidine groups is 1. The molecule has 6 nitrogen and oxygen atoms in total. The van der Waals surface area contributed by atoms with Crippen LogP contribution in [0.15, 0.2) is 75.2 Å². The van der Waals surface area contributed by atoms with E-state index >= 15 is 0 Å². The molecular weight excluding hydrogens is 442 g/mol. The van der Waals surface area contributed by atoms with Crippen LogP contribution in [-0.4, -0.2) is 35.6 Å². The van der Waals surface area contributed by atoms with Crippen molar-refractivity contribution in [2.75, 3.05) is 13.7 Å². The predicted octanol–water partition coefficient (Wildman–Crippen LogP) is 4.64. The molecule has 1 unspecified atom stereocenters. The number of aliphatic imine (C=N–C) groups is 1. The van der Waals surface area contributed by atoms with Gasteiger partial charge >= 0.3 is 5.97 Å². The first-order chi connectivity index (χ1) is 15.6. The highest BCUT2D eigenvalue weighted by atomic mass is 32.2. The van der Waals surface area contributed by atoms with Crippen molar-refractivity contribution >= 4 is 40.1 Å². The molecule has 2 aromatic rings. The minimum atomic E-state index is -0.393. The fourth-order valence-electron chi connectivity index (χ4n) is 3.87. The number of methoxy groups -OCH3 is 1. The van der Waals surface area contributed by atoms with E-state index in [1.165, 1.54) is 23.7 Å². The second kappa shape index (κ2) is 10.2. The van der Waals surface area contributed by atoms with Gasteiger partial charge in [-0.25, -0.2) is 9.79 Å². The number of ether oxygens (including phenoxy) is 1. The summed E-state index contributed by atoms with van der Waals surface area (Å²) >= 11 is 3.18. The fraction of sp³-hybridized carbons (Fsp3) is 0.292. The van der Waals surface area contributed by atoms with Crippen LogP contribution in [0.4, 0.5) is 0 Å². The number of nitrogens with zero attached hydrogens (tertiary/aromatic N) is 2. The smallest absolute Gasteiger partial charge is 0.338 e. The van der Waals surface area contributed by atoms with Gasteiger partial charge < -0.3 is 15.0 Å². The van der Waals surface area contributed by atoms with Crippen LogP contribution >= 0.6 is 23.1 Å². The van der Waals surface area contributed by atoms with Crippen molar-refractivity contribution in [2.45, 2.75) is 32.2 Å². The monoisotopic (exact) mass is 467 g/mol. The maximum absolute atomic E-state index is 12.8. The number of esters is 1. The molecule has 32 heavy (non-hydrogen) atoms. The summed E-state index contributed by atoms with van der Waals surface area (Å²) in [5.41, 5.74) is 3.03. The summed E-state index contributed by atoms with van der Waals surface area (Å²) in [6.45, 7) is 2.57. The van der Waals surface area contributed by atoms with E-state index in [1.807, 2.05) is 59.0 Å². The van der Waals surface area contributed by atoms with Gasteiger partial charge in [-0.2, -0.15) is 0 Å². The molecule has 0 fully saturated rings. The van der Waals surface area contributed by atoms with Gasteiger partial charge in [0.05, 0.1) is 30.8 Å². The topological polar surface area (TPSA) is 71.0 Å². The molecule has 2 aliphatic rings. The molecule has 1 amide bonds. The summed E-state index contributed by atoms with van der Waals surface area (Å²) in [6, 6.07) is 13.5. The Balaban J connectivity index is 1.57. The molecule has 4 rings (SSSR count). The van der Waals surface area contributed by atoms with Crippen LogP contribution in [0.2, 0.25) is 0 Å². The minimum absolute atomic E-state index is 0.0497. The molecule has 0 radical (unpaired) electrons. The number of benzene rings is 1. The number of rotatable bonds is 8. The Morgan fingerprint density at radius 1 is 1.19 bits per heavy atom. The van der Waals surface area contributed by atoms with Gasteiger partial charge in [0.25, 0.3) is 0 Å². The third kappa shape index (κ3) is 4.66. The molecule has 0 saturated heterocycles. The van der Waals surface area contributed by atoms with E-state index in [0.29, 0.717) is 18.5 Å². The molecule has 3 heterocycles. The molecule has 0 spiro atoms. The summed E-state index contributed by atoms with van der Waals surface area (Å²) in [7, 11) is 1.39. The second-order valence-corrected chi connectivity index (χ2v) is 9.24. The first kappa shape index (κ1) is 22.4. The number of thiophene rings is 1. The van der Waals surface area contributed by atoms with Gasteiger partial charge in [0.2, 0.25) is 5.91 Å². The molecule has 8 heteroatoms. The Labute approximate surface area is 196 Å². The zero-order chi connectivity index (χ0) is 22.5. The number of amides is 1. The average Bonchev–Trinajstić information content (AvgIpc) is 3.48. The molecule has 1 aromatic heterocycles. The zero-order valence-electron chi connectivity index (χ0n) is 18.0. The van der Waals surface area contributed by atoms with Crippen LogP contribution in [0.1, 0.15) is 36.2 Å². The number of carbonyl (C=O) groups excluding carboxylic acids is 2. The zero-order valence-corrected chi connectivity index (χ0v) is 19.7. The van der Waals surface area contributed by atoms with Crippen LogP contribution in [0.5, 0.6) is 0 Å². The number of allylic oxidation sites excluding steroid dienone is 1. The fourth-order valence-corrected chi connectivity index (χ4v) is 5.52. The van der Waals surface area contributed by atoms with Crippen LogP contribution in [0.3, 0.4) is 0 Å². The van der Waals surface area contributed by atoms with E-state index in [2.05, 4.69) is 11.4 Å². The van der Waals surface area contributed by atoms with E-state index in [0.717, 1.165) is 28.5 Å². The van der Waals surface area contributed by atoms with Crippen molar-refractivity contribution in [1.82, 2.24) is 10.2 Å². The highest BCUT2D eigenvalue weighted by molar-refractivity contribution is 8.16. The Kier molecular flexibility index (Phi) is 7.12. The second-order valence-electron chi connectivity index (χ2n) is 7.37. The largest absolute Gasteiger partial charge is 0.466 e. The van der Waals surface area contributed by atoms with Gasteiger partial charge in [-0.3, -0.25) is 4.79 Å². The van der Waals surface area contributed by atoms with E-state index in [1.54, 1.807) is 11.3 Å². The molecule has 1 atom stereocenters. The van der Waals surface area contributed by atoms with E-state index in [-0.39, 0.29) is 18.4 Å². The lowest BCUT2D eigenvalue weighted by molar-refractivity contribution is -0.136. The van der Waals surface area contributed by atoms with Gasteiger partial charge in [-0.1, -0.05) is 55.1 Å². The van der Waals surface area contributed by atoms with Crippen LogP contribution < -0.4 is 5.32 Å². The Morgan fingerprint density at radius 3 is 2.69 bits per heavy atom. The number of fused-ring (bicyclic) bond motifs is 1. The first-order valence-electron chi connectivity index (χ1n) is 10.5. The Morgan fingerprint density at radius 2 is 2.00 bits per heavy atom. The van der Waals surface area contributed by atoms with Crippen LogP contribution in [0, 0.1) is 0 Å². The van der Waals surface area contributed by atoms with Crippen molar-refractivity contribution < 1.29 is 14.3 Å². The van der Waals surface area contributed by atoms with Gasteiger partial charge in [0, 0.05) is 17.1 Å². The average molecular weight is 468 g/mol. The summed E-state index contributed by atoms with van der Waals surface area (Å²) < 4.78 is 5.13. The summed E-state index contributed by atoms with van der Waals surface area (Å²) in [5, 5.41) is 7.79. The standard InChI is InChI=1S/C24H25N3O3S2/c1-3-19-21(23(29)30-2)22(16-8-5-4-6-9-16)27-17(15-32-24(27)26-19)14-20(28)25-12-11-18-10-7-13-31-18/h4-10,13,15,22H,3,11-12,14H2,1-2H3,(H,25,28). The van der Waals surface area contributed by atoms with Gasteiger partial charge in [0.15, 0.2) is 5.17 Å². The normalized spacial score (nSPS) is 17.6. The SMILES string of the molecule is CCC1=C(C(=O)OC)C(c2ccccc2)N2C(CC(=O)NCCc3cccs3)=CSC2=N1. The van der Waals surface area contributed by atoms with E-state index in [4.69, 9.17) is 9.73 Å². The molecule has 2 aliphatic heterocycles.